The molecule has 2 aromatic rings. The summed E-state index contributed by atoms with van der Waals surface area (Å²) >= 11 is 0. The Bertz CT molecular complexity index is 631. The van der Waals surface area contributed by atoms with Crippen LogP contribution < -0.4 is 5.73 Å². The molecule has 0 amide bonds. The zero-order chi connectivity index (χ0) is 12.9. The second-order valence-electron chi connectivity index (χ2n) is 3.11. The van der Waals surface area contributed by atoms with E-state index < -0.39 is 51.6 Å². The Labute approximate surface area is 89.7 Å². The van der Waals surface area contributed by atoms with Crippen molar-refractivity contribution in [2.75, 3.05) is 5.73 Å². The summed E-state index contributed by atoms with van der Waals surface area (Å²) in [6.07, 6.45) is 0. The fourth-order valence-corrected chi connectivity index (χ4v) is 1.34. The molecule has 0 saturated heterocycles. The van der Waals surface area contributed by atoms with Gasteiger partial charge in [-0.25, -0.2) is 22.5 Å². The molecule has 0 aliphatic rings. The summed E-state index contributed by atoms with van der Waals surface area (Å²) < 4.78 is 77.7. The molecule has 1 aromatic heterocycles. The third-order valence-corrected chi connectivity index (χ3v) is 2.14. The lowest BCUT2D eigenvalue weighted by molar-refractivity contribution is 0.414. The normalized spacial score (nSPS) is 11.2. The van der Waals surface area contributed by atoms with Crippen LogP contribution in [0.1, 0.15) is 0 Å². The Balaban J connectivity index is 3.12. The maximum absolute atomic E-state index is 13.2. The Morgan fingerprint density at radius 1 is 0.706 bits per heavy atom. The Hall–Kier alpha value is -1.99. The maximum atomic E-state index is 13.2. The van der Waals surface area contributed by atoms with Gasteiger partial charge in [0.2, 0.25) is 5.82 Å². The van der Waals surface area contributed by atoms with E-state index in [1.807, 2.05) is 0 Å². The average Bonchev–Trinajstić information content (AvgIpc) is 2.30. The summed E-state index contributed by atoms with van der Waals surface area (Å²) in [6.45, 7) is 0. The number of pyridine rings is 1. The zero-order valence-corrected chi connectivity index (χ0v) is 7.79. The summed E-state index contributed by atoms with van der Waals surface area (Å²) in [5, 5.41) is -1.14. The van der Waals surface area contributed by atoms with E-state index in [9.17, 15) is 26.3 Å². The van der Waals surface area contributed by atoms with Crippen molar-refractivity contribution in [3.63, 3.8) is 0 Å². The number of hydrogen-bond donors (Lipinski definition) is 1. The van der Waals surface area contributed by atoms with Crippen molar-refractivity contribution in [3.05, 3.63) is 35.0 Å². The minimum Gasteiger partial charge on any atom is -0.396 e. The molecular weight excluding hydrogens is 250 g/mol. The summed E-state index contributed by atoms with van der Waals surface area (Å²) in [5.74, 6) is -11.8. The summed E-state index contributed by atoms with van der Waals surface area (Å²) in [4.78, 5) is 2.66. The van der Waals surface area contributed by atoms with Gasteiger partial charge in [-0.3, -0.25) is 0 Å². The zero-order valence-electron chi connectivity index (χ0n) is 7.79. The summed E-state index contributed by atoms with van der Waals surface area (Å²) in [5.41, 5.74) is 2.57. The number of halogens is 6. The first-order valence-corrected chi connectivity index (χ1v) is 4.12. The minimum atomic E-state index is -2.17. The van der Waals surface area contributed by atoms with Gasteiger partial charge in [0, 0.05) is 0 Å². The molecule has 8 heteroatoms. The number of fused-ring (bicyclic) bond motifs is 1. The van der Waals surface area contributed by atoms with Crippen molar-refractivity contribution < 1.29 is 26.3 Å². The fourth-order valence-electron chi connectivity index (χ4n) is 1.34. The van der Waals surface area contributed by atoms with E-state index in [4.69, 9.17) is 5.73 Å². The van der Waals surface area contributed by atoms with Gasteiger partial charge in [0.05, 0.1) is 11.1 Å². The first kappa shape index (κ1) is 11.5. The summed E-state index contributed by atoms with van der Waals surface area (Å²) in [6, 6.07) is 0. The van der Waals surface area contributed by atoms with E-state index in [1.54, 1.807) is 0 Å². The predicted octanol–water partition coefficient (Wildman–Crippen LogP) is 2.65. The van der Waals surface area contributed by atoms with Crippen LogP contribution in [-0.2, 0) is 0 Å². The summed E-state index contributed by atoms with van der Waals surface area (Å²) in [7, 11) is 0. The molecule has 0 saturated carbocycles. The molecule has 0 atom stereocenters. The number of nitrogens with zero attached hydrogens (tertiary/aromatic N) is 1. The highest BCUT2D eigenvalue weighted by molar-refractivity contribution is 5.91. The first-order chi connectivity index (χ1) is 7.86. The molecule has 0 unspecified atom stereocenters. The van der Waals surface area contributed by atoms with Crippen LogP contribution in [0.4, 0.5) is 32.0 Å². The average molecular weight is 252 g/mol. The van der Waals surface area contributed by atoms with Gasteiger partial charge < -0.3 is 5.73 Å². The van der Waals surface area contributed by atoms with Gasteiger partial charge in [-0.1, -0.05) is 0 Å². The van der Waals surface area contributed by atoms with Crippen molar-refractivity contribution in [1.82, 2.24) is 4.98 Å². The van der Waals surface area contributed by atoms with E-state index in [2.05, 4.69) is 4.98 Å². The highest BCUT2D eigenvalue weighted by atomic mass is 19.2. The highest BCUT2D eigenvalue weighted by Crippen LogP contribution is 2.31. The Morgan fingerprint density at radius 3 is 1.82 bits per heavy atom. The number of nitrogen functional groups attached to an aromatic ring is 1. The van der Waals surface area contributed by atoms with Crippen LogP contribution in [0, 0.1) is 35.0 Å². The molecule has 2 N–H and O–H groups in total. The molecule has 1 heterocycles. The Morgan fingerprint density at radius 2 is 1.24 bits per heavy atom. The van der Waals surface area contributed by atoms with Crippen molar-refractivity contribution in [2.45, 2.75) is 0 Å². The molecule has 0 aliphatic heterocycles. The largest absolute Gasteiger partial charge is 0.396 e. The smallest absolute Gasteiger partial charge is 0.251 e. The van der Waals surface area contributed by atoms with Crippen LogP contribution in [0.25, 0.3) is 10.9 Å². The van der Waals surface area contributed by atoms with Crippen molar-refractivity contribution in [3.8, 4) is 0 Å². The number of nitrogens with two attached hydrogens (primary N) is 1. The maximum Gasteiger partial charge on any atom is 0.251 e. The second-order valence-corrected chi connectivity index (χ2v) is 3.11. The van der Waals surface area contributed by atoms with E-state index in [-0.39, 0.29) is 0 Å². The van der Waals surface area contributed by atoms with Crippen LogP contribution in [0.2, 0.25) is 0 Å². The van der Waals surface area contributed by atoms with Gasteiger partial charge in [0.1, 0.15) is 5.52 Å². The standard InChI is InChI=1S/C9H2F6N2/c10-2-1-7(16)6(14)9(15)17-8(1)5(13)4(12)3(2)11/h(H2,16,17). The number of rotatable bonds is 0. The molecule has 2 rings (SSSR count). The van der Waals surface area contributed by atoms with Crippen molar-refractivity contribution >= 4 is 16.6 Å². The lowest BCUT2D eigenvalue weighted by atomic mass is 10.1. The molecule has 0 bridgehead atoms. The molecule has 2 nitrogen and oxygen atoms in total. The quantitative estimate of drug-likeness (QED) is 0.339. The van der Waals surface area contributed by atoms with E-state index in [1.165, 1.54) is 0 Å². The van der Waals surface area contributed by atoms with Crippen molar-refractivity contribution in [2.24, 2.45) is 0 Å². The third kappa shape index (κ3) is 1.40. The number of benzene rings is 1. The van der Waals surface area contributed by atoms with Crippen LogP contribution in [0.15, 0.2) is 0 Å². The van der Waals surface area contributed by atoms with Crippen LogP contribution >= 0.6 is 0 Å². The predicted molar refractivity (Wildman–Crippen MR) is 45.9 cm³/mol. The van der Waals surface area contributed by atoms with Crippen LogP contribution in [-0.4, -0.2) is 4.98 Å². The van der Waals surface area contributed by atoms with Gasteiger partial charge in [0.15, 0.2) is 23.3 Å². The van der Waals surface area contributed by atoms with Gasteiger partial charge in [-0.05, 0) is 0 Å². The molecular formula is C9H2F6N2. The molecule has 90 valence electrons. The van der Waals surface area contributed by atoms with Crippen LogP contribution in [0.3, 0.4) is 0 Å². The molecule has 17 heavy (non-hydrogen) atoms. The number of aromatic nitrogens is 1. The number of hydrogen-bond acceptors (Lipinski definition) is 2. The SMILES string of the molecule is Nc1c(F)c(F)nc2c(F)c(F)c(F)c(F)c12. The lowest BCUT2D eigenvalue weighted by Gasteiger charge is -2.07. The third-order valence-electron chi connectivity index (χ3n) is 2.14. The molecule has 0 spiro atoms. The molecule has 1 aromatic carbocycles. The monoisotopic (exact) mass is 252 g/mol. The lowest BCUT2D eigenvalue weighted by Crippen LogP contribution is -2.06. The molecule has 0 aliphatic carbocycles. The van der Waals surface area contributed by atoms with E-state index in [0.29, 0.717) is 0 Å². The van der Waals surface area contributed by atoms with Crippen molar-refractivity contribution in [1.29, 1.82) is 0 Å². The van der Waals surface area contributed by atoms with Gasteiger partial charge in [-0.15, -0.1) is 0 Å². The molecule has 0 fully saturated rings. The minimum absolute atomic E-state index is 1.14. The van der Waals surface area contributed by atoms with Gasteiger partial charge in [-0.2, -0.15) is 8.78 Å². The van der Waals surface area contributed by atoms with E-state index >= 15 is 0 Å². The van der Waals surface area contributed by atoms with Crippen LogP contribution in [0.5, 0.6) is 0 Å². The van der Waals surface area contributed by atoms with Gasteiger partial charge >= 0.3 is 0 Å². The first-order valence-electron chi connectivity index (χ1n) is 4.12. The molecule has 0 radical (unpaired) electrons. The fraction of sp³-hybridized carbons (Fsp3) is 0. The Kier molecular flexibility index (Phi) is 2.37. The van der Waals surface area contributed by atoms with E-state index in [0.717, 1.165) is 0 Å². The highest BCUT2D eigenvalue weighted by Gasteiger charge is 2.26. The van der Waals surface area contributed by atoms with Gasteiger partial charge in [0.25, 0.3) is 5.95 Å². The number of anilines is 1. The second kappa shape index (κ2) is 3.51. The topological polar surface area (TPSA) is 38.9 Å².